The van der Waals surface area contributed by atoms with E-state index in [4.69, 9.17) is 17.3 Å². The molecule has 2 nitrogen and oxygen atoms in total. The summed E-state index contributed by atoms with van der Waals surface area (Å²) < 4.78 is 0. The van der Waals surface area contributed by atoms with Crippen LogP contribution in [-0.2, 0) is 0 Å². The van der Waals surface area contributed by atoms with Gasteiger partial charge in [-0.3, -0.25) is 0 Å². The van der Waals surface area contributed by atoms with Crippen molar-refractivity contribution in [3.05, 3.63) is 23.0 Å². The number of nitrogens with two attached hydrogens (primary N) is 1. The van der Waals surface area contributed by atoms with Crippen molar-refractivity contribution in [3.8, 4) is 0 Å². The monoisotopic (exact) mass is 144 g/mol. The molecule has 1 heterocycles. The third kappa shape index (κ3) is 1.19. The molecule has 0 saturated carbocycles. The van der Waals surface area contributed by atoms with E-state index in [1.54, 1.807) is 12.3 Å². The summed E-state index contributed by atoms with van der Waals surface area (Å²) in [6.45, 7) is 1.96. The molecule has 1 rings (SSSR count). The fourth-order valence-electron chi connectivity index (χ4n) is 0.685. The van der Waals surface area contributed by atoms with Crippen molar-refractivity contribution in [2.75, 3.05) is 0 Å². The van der Waals surface area contributed by atoms with Gasteiger partial charge in [-0.05, 0) is 19.2 Å². The topological polar surface area (TPSA) is 38.0 Å². The van der Waals surface area contributed by atoms with Gasteiger partial charge in [0.2, 0.25) is 0 Å². The van der Waals surface area contributed by atoms with Crippen molar-refractivity contribution in [1.29, 1.82) is 0 Å². The molecule has 0 bridgehead atoms. The van der Waals surface area contributed by atoms with E-state index in [-0.39, 0.29) is 6.04 Å². The van der Waals surface area contributed by atoms with Crippen LogP contribution in [0.5, 0.6) is 0 Å². The number of nitrogens with one attached hydrogen (secondary N) is 1. The predicted molar refractivity (Wildman–Crippen MR) is 38.8 cm³/mol. The molecule has 0 fully saturated rings. The first-order valence-corrected chi connectivity index (χ1v) is 3.17. The van der Waals surface area contributed by atoms with E-state index in [0.29, 0.717) is 10.7 Å². The highest BCUT2D eigenvalue weighted by Crippen LogP contribution is 2.14. The lowest BCUT2D eigenvalue weighted by molar-refractivity contribution is 0.738. The standard InChI is InChI=1S/C6H9ClN2/c1-4-6(7)5(8)2-3-9-4/h2-4,9H,8H2,1H3. The van der Waals surface area contributed by atoms with Crippen LogP contribution < -0.4 is 11.1 Å². The highest BCUT2D eigenvalue weighted by atomic mass is 35.5. The normalized spacial score (nSPS) is 26.2. The van der Waals surface area contributed by atoms with Gasteiger partial charge in [0.1, 0.15) is 0 Å². The zero-order valence-electron chi connectivity index (χ0n) is 5.19. The molecule has 1 aliphatic heterocycles. The van der Waals surface area contributed by atoms with Crippen LogP contribution in [0.4, 0.5) is 0 Å². The molecular weight excluding hydrogens is 136 g/mol. The van der Waals surface area contributed by atoms with Crippen LogP contribution in [0.1, 0.15) is 6.92 Å². The van der Waals surface area contributed by atoms with Crippen molar-refractivity contribution in [1.82, 2.24) is 5.32 Å². The van der Waals surface area contributed by atoms with Crippen LogP contribution in [-0.4, -0.2) is 6.04 Å². The third-order valence-electron chi connectivity index (χ3n) is 1.27. The van der Waals surface area contributed by atoms with E-state index >= 15 is 0 Å². The van der Waals surface area contributed by atoms with Gasteiger partial charge in [0.25, 0.3) is 0 Å². The molecule has 1 atom stereocenters. The van der Waals surface area contributed by atoms with E-state index in [1.165, 1.54) is 0 Å². The molecule has 0 spiro atoms. The molecule has 50 valence electrons. The smallest absolute Gasteiger partial charge is 0.0630 e. The van der Waals surface area contributed by atoms with Gasteiger partial charge in [0.15, 0.2) is 0 Å². The molecular formula is C6H9ClN2. The second-order valence-corrected chi connectivity index (χ2v) is 2.43. The highest BCUT2D eigenvalue weighted by Gasteiger charge is 2.09. The lowest BCUT2D eigenvalue weighted by Crippen LogP contribution is -2.26. The average Bonchev–Trinajstić information content (AvgIpc) is 1.83. The van der Waals surface area contributed by atoms with Gasteiger partial charge in [-0.25, -0.2) is 0 Å². The Morgan fingerprint density at radius 3 is 2.89 bits per heavy atom. The maximum absolute atomic E-state index is 5.76. The summed E-state index contributed by atoms with van der Waals surface area (Å²) in [5.74, 6) is 0. The number of dihydropyridines is 1. The fraction of sp³-hybridized carbons (Fsp3) is 0.333. The number of halogens is 1. The summed E-state index contributed by atoms with van der Waals surface area (Å²) in [4.78, 5) is 0. The van der Waals surface area contributed by atoms with Crippen LogP contribution >= 0.6 is 11.6 Å². The van der Waals surface area contributed by atoms with E-state index in [0.717, 1.165) is 0 Å². The molecule has 9 heavy (non-hydrogen) atoms. The Hall–Kier alpha value is -0.630. The van der Waals surface area contributed by atoms with Crippen LogP contribution in [0.25, 0.3) is 0 Å². The Morgan fingerprint density at radius 1 is 1.78 bits per heavy atom. The minimum Gasteiger partial charge on any atom is -0.398 e. The summed E-state index contributed by atoms with van der Waals surface area (Å²) in [6.07, 6.45) is 3.55. The summed E-state index contributed by atoms with van der Waals surface area (Å²) in [5, 5.41) is 3.70. The van der Waals surface area contributed by atoms with Crippen LogP contribution in [0.15, 0.2) is 23.0 Å². The van der Waals surface area contributed by atoms with Crippen molar-refractivity contribution in [3.63, 3.8) is 0 Å². The Bertz CT molecular complexity index is 172. The Kier molecular flexibility index (Phi) is 1.67. The van der Waals surface area contributed by atoms with Gasteiger partial charge in [-0.15, -0.1) is 0 Å². The lowest BCUT2D eigenvalue weighted by Gasteiger charge is -2.16. The summed E-state index contributed by atoms with van der Waals surface area (Å²) in [7, 11) is 0. The molecule has 0 aromatic carbocycles. The number of hydrogen-bond acceptors (Lipinski definition) is 2. The Balaban J connectivity index is 2.83. The molecule has 1 unspecified atom stereocenters. The van der Waals surface area contributed by atoms with E-state index < -0.39 is 0 Å². The molecule has 0 saturated heterocycles. The first-order chi connectivity index (χ1) is 4.22. The lowest BCUT2D eigenvalue weighted by atomic mass is 10.2. The van der Waals surface area contributed by atoms with Gasteiger partial charge >= 0.3 is 0 Å². The maximum Gasteiger partial charge on any atom is 0.0630 e. The summed E-state index contributed by atoms with van der Waals surface area (Å²) in [6, 6.07) is 0.164. The van der Waals surface area contributed by atoms with Crippen molar-refractivity contribution in [2.24, 2.45) is 5.73 Å². The maximum atomic E-state index is 5.76. The summed E-state index contributed by atoms with van der Waals surface area (Å²) >= 11 is 5.76. The molecule has 0 radical (unpaired) electrons. The largest absolute Gasteiger partial charge is 0.398 e. The van der Waals surface area contributed by atoms with Gasteiger partial charge in [0.05, 0.1) is 11.1 Å². The molecule has 0 amide bonds. The number of allylic oxidation sites excluding steroid dienone is 1. The quantitative estimate of drug-likeness (QED) is 0.530. The summed E-state index contributed by atoms with van der Waals surface area (Å²) in [5.41, 5.74) is 6.15. The van der Waals surface area contributed by atoms with Gasteiger partial charge in [0, 0.05) is 5.70 Å². The van der Waals surface area contributed by atoms with Gasteiger partial charge in [-0.2, -0.15) is 0 Å². The van der Waals surface area contributed by atoms with Crippen LogP contribution in [0.3, 0.4) is 0 Å². The van der Waals surface area contributed by atoms with Crippen LogP contribution in [0.2, 0.25) is 0 Å². The predicted octanol–water partition coefficient (Wildman–Crippen LogP) is 0.901. The zero-order chi connectivity index (χ0) is 6.85. The molecule has 0 aromatic heterocycles. The van der Waals surface area contributed by atoms with Crippen LogP contribution in [0, 0.1) is 0 Å². The number of rotatable bonds is 0. The average molecular weight is 145 g/mol. The minimum absolute atomic E-state index is 0.164. The molecule has 3 heteroatoms. The fourth-order valence-corrected chi connectivity index (χ4v) is 0.811. The van der Waals surface area contributed by atoms with Crippen molar-refractivity contribution >= 4 is 11.6 Å². The Labute approximate surface area is 59.4 Å². The Morgan fingerprint density at radius 2 is 2.44 bits per heavy atom. The third-order valence-corrected chi connectivity index (χ3v) is 1.81. The van der Waals surface area contributed by atoms with E-state index in [1.807, 2.05) is 6.92 Å². The van der Waals surface area contributed by atoms with Crippen molar-refractivity contribution in [2.45, 2.75) is 13.0 Å². The second kappa shape index (κ2) is 2.31. The SMILES string of the molecule is CC1NC=CC(N)=C1Cl. The van der Waals surface area contributed by atoms with Crippen molar-refractivity contribution < 1.29 is 0 Å². The molecule has 0 aromatic rings. The van der Waals surface area contributed by atoms with E-state index in [9.17, 15) is 0 Å². The van der Waals surface area contributed by atoms with E-state index in [2.05, 4.69) is 5.32 Å². The first kappa shape index (κ1) is 6.49. The molecule has 3 N–H and O–H groups in total. The van der Waals surface area contributed by atoms with Gasteiger partial charge in [-0.1, -0.05) is 11.6 Å². The molecule has 1 aliphatic rings. The minimum atomic E-state index is 0.164. The first-order valence-electron chi connectivity index (χ1n) is 2.79. The van der Waals surface area contributed by atoms with Gasteiger partial charge < -0.3 is 11.1 Å². The zero-order valence-corrected chi connectivity index (χ0v) is 5.94. The second-order valence-electron chi connectivity index (χ2n) is 2.02. The molecule has 0 aliphatic carbocycles. The highest BCUT2D eigenvalue weighted by molar-refractivity contribution is 6.30. The number of hydrogen-bond donors (Lipinski definition) is 2.